The van der Waals surface area contributed by atoms with Gasteiger partial charge >= 0.3 is 0 Å². The number of nitrogens with zero attached hydrogens (tertiary/aromatic N) is 1. The van der Waals surface area contributed by atoms with Gasteiger partial charge in [-0.05, 0) is 37.6 Å². The fourth-order valence-corrected chi connectivity index (χ4v) is 2.76. The second-order valence-corrected chi connectivity index (χ2v) is 5.75. The molecule has 21 heavy (non-hydrogen) atoms. The molecule has 1 aliphatic heterocycles. The van der Waals surface area contributed by atoms with E-state index in [0.717, 1.165) is 19.5 Å². The maximum absolute atomic E-state index is 12.1. The van der Waals surface area contributed by atoms with E-state index >= 15 is 0 Å². The molecule has 1 aromatic rings. The van der Waals surface area contributed by atoms with Gasteiger partial charge in [-0.2, -0.15) is 0 Å². The number of rotatable bonds is 7. The van der Waals surface area contributed by atoms with Crippen LogP contribution in [-0.4, -0.2) is 54.7 Å². The smallest absolute Gasteiger partial charge is 0.238 e. The van der Waals surface area contributed by atoms with Crippen LogP contribution in [0.5, 0.6) is 0 Å². The zero-order valence-corrected chi connectivity index (χ0v) is 12.8. The summed E-state index contributed by atoms with van der Waals surface area (Å²) in [7, 11) is 0. The molecular weight excluding hydrogens is 290 g/mol. The predicted octanol–water partition coefficient (Wildman–Crippen LogP) is 1.32. The Bertz CT molecular complexity index is 464. The van der Waals surface area contributed by atoms with Gasteiger partial charge in [-0.3, -0.25) is 9.69 Å². The van der Waals surface area contributed by atoms with Crippen molar-refractivity contribution in [2.24, 2.45) is 0 Å². The second kappa shape index (κ2) is 8.34. The van der Waals surface area contributed by atoms with Crippen molar-refractivity contribution in [1.82, 2.24) is 10.2 Å². The number of benzene rings is 1. The number of carbonyl (C=O) groups excluding carboxylic acids is 1. The highest BCUT2D eigenvalue weighted by Crippen LogP contribution is 2.15. The van der Waals surface area contributed by atoms with Crippen molar-refractivity contribution in [3.63, 3.8) is 0 Å². The molecule has 0 spiro atoms. The third-order valence-electron chi connectivity index (χ3n) is 3.53. The molecule has 0 saturated carbocycles. The van der Waals surface area contributed by atoms with Gasteiger partial charge in [0.1, 0.15) is 0 Å². The van der Waals surface area contributed by atoms with Crippen LogP contribution in [0, 0.1) is 0 Å². The van der Waals surface area contributed by atoms with Crippen molar-refractivity contribution < 1.29 is 9.90 Å². The SMILES string of the molecule is O=C(CN(CCO)CC1CCCN1)Nc1cccc(Cl)c1. The number of hydrogen-bond donors (Lipinski definition) is 3. The van der Waals surface area contributed by atoms with E-state index in [1.54, 1.807) is 24.3 Å². The molecule has 2 rings (SSSR count). The monoisotopic (exact) mass is 311 g/mol. The van der Waals surface area contributed by atoms with E-state index in [1.165, 1.54) is 6.42 Å². The highest BCUT2D eigenvalue weighted by molar-refractivity contribution is 6.30. The van der Waals surface area contributed by atoms with Gasteiger partial charge in [-0.15, -0.1) is 0 Å². The number of amides is 1. The molecule has 1 aromatic carbocycles. The van der Waals surface area contributed by atoms with E-state index in [0.29, 0.717) is 23.3 Å². The Morgan fingerprint density at radius 3 is 3.05 bits per heavy atom. The van der Waals surface area contributed by atoms with E-state index in [4.69, 9.17) is 16.7 Å². The summed E-state index contributed by atoms with van der Waals surface area (Å²) in [5.41, 5.74) is 0.690. The summed E-state index contributed by atoms with van der Waals surface area (Å²) in [5, 5.41) is 16.0. The molecule has 0 radical (unpaired) electrons. The van der Waals surface area contributed by atoms with Crippen molar-refractivity contribution in [3.8, 4) is 0 Å². The summed E-state index contributed by atoms with van der Waals surface area (Å²) in [4.78, 5) is 14.1. The van der Waals surface area contributed by atoms with Gasteiger partial charge in [0.15, 0.2) is 0 Å². The van der Waals surface area contributed by atoms with Crippen molar-refractivity contribution in [2.45, 2.75) is 18.9 Å². The topological polar surface area (TPSA) is 64.6 Å². The number of nitrogens with one attached hydrogen (secondary N) is 2. The number of hydrogen-bond acceptors (Lipinski definition) is 4. The van der Waals surface area contributed by atoms with Crippen LogP contribution in [0.25, 0.3) is 0 Å². The summed E-state index contributed by atoms with van der Waals surface area (Å²) in [6.07, 6.45) is 2.30. The maximum atomic E-state index is 12.1. The van der Waals surface area contributed by atoms with Crippen LogP contribution < -0.4 is 10.6 Å². The molecule has 1 fully saturated rings. The normalized spacial score (nSPS) is 18.1. The molecule has 0 bridgehead atoms. The van der Waals surface area contributed by atoms with E-state index in [1.807, 2.05) is 4.90 Å². The van der Waals surface area contributed by atoms with E-state index in [2.05, 4.69) is 10.6 Å². The molecule has 0 aromatic heterocycles. The first-order valence-electron chi connectivity index (χ1n) is 7.29. The molecule has 5 nitrogen and oxygen atoms in total. The van der Waals surface area contributed by atoms with Crippen LogP contribution in [0.15, 0.2) is 24.3 Å². The van der Waals surface area contributed by atoms with Gasteiger partial charge in [0.05, 0.1) is 13.2 Å². The number of carbonyl (C=O) groups is 1. The first-order chi connectivity index (χ1) is 10.2. The third kappa shape index (κ3) is 5.63. The summed E-state index contributed by atoms with van der Waals surface area (Å²) < 4.78 is 0. The molecule has 1 heterocycles. The average molecular weight is 312 g/mol. The predicted molar refractivity (Wildman–Crippen MR) is 84.6 cm³/mol. The van der Waals surface area contributed by atoms with Crippen LogP contribution in [0.4, 0.5) is 5.69 Å². The first-order valence-corrected chi connectivity index (χ1v) is 7.67. The molecular formula is C15H22ClN3O2. The van der Waals surface area contributed by atoms with Crippen molar-refractivity contribution in [3.05, 3.63) is 29.3 Å². The first kappa shape index (κ1) is 16.2. The lowest BCUT2D eigenvalue weighted by atomic mass is 10.2. The number of aliphatic hydroxyl groups is 1. The maximum Gasteiger partial charge on any atom is 0.238 e. The molecule has 116 valence electrons. The lowest BCUT2D eigenvalue weighted by molar-refractivity contribution is -0.117. The molecule has 1 amide bonds. The average Bonchev–Trinajstić information content (AvgIpc) is 2.91. The van der Waals surface area contributed by atoms with Gasteiger partial charge in [0.25, 0.3) is 0 Å². The van der Waals surface area contributed by atoms with E-state index in [9.17, 15) is 4.79 Å². The minimum Gasteiger partial charge on any atom is -0.395 e. The summed E-state index contributed by atoms with van der Waals surface area (Å²) in [5.74, 6) is -0.0938. The Hall–Kier alpha value is -1.14. The lowest BCUT2D eigenvalue weighted by Gasteiger charge is -2.24. The minimum absolute atomic E-state index is 0.0527. The van der Waals surface area contributed by atoms with Crippen molar-refractivity contribution in [1.29, 1.82) is 0 Å². The quantitative estimate of drug-likeness (QED) is 0.711. The Kier molecular flexibility index (Phi) is 6.45. The largest absolute Gasteiger partial charge is 0.395 e. The molecule has 0 aliphatic carbocycles. The van der Waals surface area contributed by atoms with Crippen LogP contribution >= 0.6 is 11.6 Å². The Morgan fingerprint density at radius 1 is 1.52 bits per heavy atom. The molecule has 1 atom stereocenters. The fraction of sp³-hybridized carbons (Fsp3) is 0.533. The van der Waals surface area contributed by atoms with Crippen LogP contribution in [0.2, 0.25) is 5.02 Å². The van der Waals surface area contributed by atoms with Crippen molar-refractivity contribution >= 4 is 23.2 Å². The van der Waals surface area contributed by atoms with Crippen molar-refractivity contribution in [2.75, 3.05) is 38.1 Å². The molecule has 1 saturated heterocycles. The molecule has 3 N–H and O–H groups in total. The zero-order chi connectivity index (χ0) is 15.1. The summed E-state index contributed by atoms with van der Waals surface area (Å²) >= 11 is 5.89. The standard InChI is InChI=1S/C15H22ClN3O2/c16-12-3-1-4-13(9-12)18-15(21)11-19(7-8-20)10-14-5-2-6-17-14/h1,3-4,9,14,17,20H,2,5-8,10-11H2,(H,18,21). The van der Waals surface area contributed by atoms with Crippen LogP contribution in [-0.2, 0) is 4.79 Å². The molecule has 1 aliphatic rings. The van der Waals surface area contributed by atoms with Crippen LogP contribution in [0.1, 0.15) is 12.8 Å². The summed E-state index contributed by atoms with van der Waals surface area (Å²) in [6.45, 7) is 2.64. The molecule has 1 unspecified atom stereocenters. The van der Waals surface area contributed by atoms with Gasteiger partial charge in [-0.25, -0.2) is 0 Å². The van der Waals surface area contributed by atoms with Gasteiger partial charge in [-0.1, -0.05) is 17.7 Å². The minimum atomic E-state index is -0.0938. The highest BCUT2D eigenvalue weighted by Gasteiger charge is 2.19. The van der Waals surface area contributed by atoms with E-state index < -0.39 is 0 Å². The van der Waals surface area contributed by atoms with Gasteiger partial charge < -0.3 is 15.7 Å². The fourth-order valence-electron chi connectivity index (χ4n) is 2.57. The number of halogens is 1. The highest BCUT2D eigenvalue weighted by atomic mass is 35.5. The Labute approximate surface area is 130 Å². The Morgan fingerprint density at radius 2 is 2.38 bits per heavy atom. The van der Waals surface area contributed by atoms with Crippen LogP contribution in [0.3, 0.4) is 0 Å². The number of anilines is 1. The summed E-state index contributed by atoms with van der Waals surface area (Å²) in [6, 6.07) is 7.50. The Balaban J connectivity index is 1.85. The van der Waals surface area contributed by atoms with E-state index in [-0.39, 0.29) is 19.1 Å². The second-order valence-electron chi connectivity index (χ2n) is 5.31. The third-order valence-corrected chi connectivity index (χ3v) is 3.77. The lowest BCUT2D eigenvalue weighted by Crippen LogP contribution is -2.42. The van der Waals surface area contributed by atoms with Gasteiger partial charge in [0, 0.05) is 29.8 Å². The zero-order valence-electron chi connectivity index (χ0n) is 12.0. The number of aliphatic hydroxyl groups excluding tert-OH is 1. The molecule has 6 heteroatoms. The van der Waals surface area contributed by atoms with Gasteiger partial charge in [0.2, 0.25) is 5.91 Å².